The topological polar surface area (TPSA) is 61.4 Å². The van der Waals surface area contributed by atoms with Crippen LogP contribution in [0.25, 0.3) is 0 Å². The number of urea groups is 1. The predicted octanol–water partition coefficient (Wildman–Crippen LogP) is 2.76. The fourth-order valence-corrected chi connectivity index (χ4v) is 2.75. The van der Waals surface area contributed by atoms with Gasteiger partial charge in [0, 0.05) is 6.54 Å². The van der Waals surface area contributed by atoms with Gasteiger partial charge in [-0.2, -0.15) is 11.3 Å². The van der Waals surface area contributed by atoms with E-state index in [2.05, 4.69) is 10.6 Å². The lowest BCUT2D eigenvalue weighted by Crippen LogP contribution is -2.43. The Morgan fingerprint density at radius 1 is 1.29 bits per heavy atom. The molecule has 112 valence electrons. The van der Waals surface area contributed by atoms with Crippen molar-refractivity contribution in [2.24, 2.45) is 0 Å². The second kappa shape index (κ2) is 6.74. The number of hydrogen-bond donors (Lipinski definition) is 3. The molecular formula is C16H20N2O2S. The Balaban J connectivity index is 1.82. The Bertz CT molecular complexity index is 594. The highest BCUT2D eigenvalue weighted by atomic mass is 32.1. The van der Waals surface area contributed by atoms with Crippen LogP contribution in [0.5, 0.6) is 0 Å². The molecule has 2 aromatic rings. The van der Waals surface area contributed by atoms with Crippen LogP contribution in [0.4, 0.5) is 4.79 Å². The van der Waals surface area contributed by atoms with Gasteiger partial charge in [-0.1, -0.05) is 24.3 Å². The Kier molecular flexibility index (Phi) is 4.98. The van der Waals surface area contributed by atoms with Gasteiger partial charge in [-0.25, -0.2) is 4.79 Å². The zero-order valence-electron chi connectivity index (χ0n) is 12.2. The van der Waals surface area contributed by atoms with Gasteiger partial charge in [-0.15, -0.1) is 0 Å². The van der Waals surface area contributed by atoms with Crippen LogP contribution in [-0.2, 0) is 12.1 Å². The average molecular weight is 304 g/mol. The first kappa shape index (κ1) is 15.5. The van der Waals surface area contributed by atoms with Crippen LogP contribution < -0.4 is 10.6 Å². The van der Waals surface area contributed by atoms with Gasteiger partial charge in [0.15, 0.2) is 0 Å². The summed E-state index contributed by atoms with van der Waals surface area (Å²) in [5, 5.41) is 19.6. The van der Waals surface area contributed by atoms with E-state index >= 15 is 0 Å². The van der Waals surface area contributed by atoms with Crippen molar-refractivity contribution in [2.75, 3.05) is 6.54 Å². The van der Waals surface area contributed by atoms with Crippen molar-refractivity contribution < 1.29 is 9.90 Å². The van der Waals surface area contributed by atoms with E-state index < -0.39 is 5.60 Å². The van der Waals surface area contributed by atoms with Gasteiger partial charge in [0.25, 0.3) is 0 Å². The molecule has 1 heterocycles. The fraction of sp³-hybridized carbons (Fsp3) is 0.312. The number of aryl methyl sites for hydroxylation is 1. The molecule has 0 saturated carbocycles. The van der Waals surface area contributed by atoms with Crippen LogP contribution in [0.1, 0.15) is 23.6 Å². The smallest absolute Gasteiger partial charge is 0.315 e. The quantitative estimate of drug-likeness (QED) is 0.795. The van der Waals surface area contributed by atoms with Crippen molar-refractivity contribution >= 4 is 17.4 Å². The van der Waals surface area contributed by atoms with Crippen LogP contribution in [-0.4, -0.2) is 17.7 Å². The molecule has 0 radical (unpaired) electrons. The molecule has 4 nitrogen and oxygen atoms in total. The van der Waals surface area contributed by atoms with Gasteiger partial charge in [0.1, 0.15) is 5.60 Å². The molecular weight excluding hydrogens is 284 g/mol. The molecule has 21 heavy (non-hydrogen) atoms. The summed E-state index contributed by atoms with van der Waals surface area (Å²) in [6, 6.07) is 9.49. The molecule has 0 bridgehead atoms. The third-order valence-corrected chi connectivity index (χ3v) is 4.12. The number of carbonyl (C=O) groups is 1. The maximum atomic E-state index is 11.8. The number of benzene rings is 1. The highest BCUT2D eigenvalue weighted by Crippen LogP contribution is 2.21. The van der Waals surface area contributed by atoms with Gasteiger partial charge in [0.2, 0.25) is 0 Å². The predicted molar refractivity (Wildman–Crippen MR) is 85.3 cm³/mol. The van der Waals surface area contributed by atoms with Crippen molar-refractivity contribution in [3.05, 3.63) is 57.8 Å². The summed E-state index contributed by atoms with van der Waals surface area (Å²) < 4.78 is 0. The SMILES string of the molecule is Cc1ccccc1CNC(=O)NCC(C)(O)c1ccsc1. The molecule has 0 aliphatic heterocycles. The number of rotatable bonds is 5. The van der Waals surface area contributed by atoms with Crippen molar-refractivity contribution in [3.63, 3.8) is 0 Å². The number of hydrogen-bond acceptors (Lipinski definition) is 3. The molecule has 5 heteroatoms. The molecule has 3 N–H and O–H groups in total. The van der Waals surface area contributed by atoms with E-state index in [9.17, 15) is 9.90 Å². The highest BCUT2D eigenvalue weighted by Gasteiger charge is 2.24. The Labute approximate surface area is 128 Å². The summed E-state index contributed by atoms with van der Waals surface area (Å²) in [4.78, 5) is 11.8. The first-order valence-electron chi connectivity index (χ1n) is 6.80. The lowest BCUT2D eigenvalue weighted by molar-refractivity contribution is 0.0598. The van der Waals surface area contributed by atoms with Gasteiger partial charge in [-0.3, -0.25) is 0 Å². The van der Waals surface area contributed by atoms with E-state index in [1.807, 2.05) is 48.0 Å². The maximum absolute atomic E-state index is 11.8. The summed E-state index contributed by atoms with van der Waals surface area (Å²) in [7, 11) is 0. The summed E-state index contributed by atoms with van der Waals surface area (Å²) in [5.41, 5.74) is 1.98. The third-order valence-electron chi connectivity index (χ3n) is 3.44. The lowest BCUT2D eigenvalue weighted by Gasteiger charge is -2.23. The van der Waals surface area contributed by atoms with Gasteiger partial charge >= 0.3 is 6.03 Å². The van der Waals surface area contributed by atoms with Crippen molar-refractivity contribution in [1.82, 2.24) is 10.6 Å². The van der Waals surface area contributed by atoms with Crippen molar-refractivity contribution in [2.45, 2.75) is 26.0 Å². The average Bonchev–Trinajstić information content (AvgIpc) is 2.99. The minimum atomic E-state index is -1.06. The van der Waals surface area contributed by atoms with Crippen LogP contribution in [0, 0.1) is 6.92 Å². The summed E-state index contributed by atoms with van der Waals surface area (Å²) in [6.45, 7) is 4.34. The Morgan fingerprint density at radius 3 is 2.71 bits per heavy atom. The number of nitrogens with one attached hydrogen (secondary N) is 2. The maximum Gasteiger partial charge on any atom is 0.315 e. The third kappa shape index (κ3) is 4.31. The van der Waals surface area contributed by atoms with Gasteiger partial charge in [-0.05, 0) is 47.4 Å². The van der Waals surface area contributed by atoms with E-state index in [0.717, 1.165) is 16.7 Å². The van der Waals surface area contributed by atoms with Gasteiger partial charge in [0.05, 0.1) is 6.54 Å². The highest BCUT2D eigenvalue weighted by molar-refractivity contribution is 7.08. The molecule has 0 saturated heterocycles. The van der Waals surface area contributed by atoms with Gasteiger partial charge < -0.3 is 15.7 Å². The van der Waals surface area contributed by atoms with Crippen LogP contribution in [0.2, 0.25) is 0 Å². The summed E-state index contributed by atoms with van der Waals surface area (Å²) in [5.74, 6) is 0. The minimum absolute atomic E-state index is 0.170. The van der Waals surface area contributed by atoms with E-state index in [1.165, 1.54) is 11.3 Å². The molecule has 1 atom stereocenters. The van der Waals surface area contributed by atoms with Crippen molar-refractivity contribution in [1.29, 1.82) is 0 Å². The molecule has 1 aromatic heterocycles. The minimum Gasteiger partial charge on any atom is -0.384 e. The van der Waals surface area contributed by atoms with Crippen LogP contribution in [0.3, 0.4) is 0 Å². The number of thiophene rings is 1. The van der Waals surface area contributed by atoms with E-state index in [1.54, 1.807) is 6.92 Å². The first-order chi connectivity index (χ1) is 9.99. The fourth-order valence-electron chi connectivity index (χ4n) is 1.97. The van der Waals surface area contributed by atoms with Crippen LogP contribution in [0.15, 0.2) is 41.1 Å². The second-order valence-electron chi connectivity index (χ2n) is 5.25. The number of amides is 2. The van der Waals surface area contributed by atoms with E-state index in [4.69, 9.17) is 0 Å². The molecule has 1 unspecified atom stereocenters. The van der Waals surface area contributed by atoms with Crippen molar-refractivity contribution in [3.8, 4) is 0 Å². The largest absolute Gasteiger partial charge is 0.384 e. The number of carbonyl (C=O) groups excluding carboxylic acids is 1. The van der Waals surface area contributed by atoms with E-state index in [-0.39, 0.29) is 12.6 Å². The standard InChI is InChI=1S/C16H20N2O2S/c1-12-5-3-4-6-13(12)9-17-15(19)18-11-16(2,20)14-7-8-21-10-14/h3-8,10,20H,9,11H2,1-2H3,(H2,17,18,19). The Hall–Kier alpha value is -1.85. The second-order valence-corrected chi connectivity index (χ2v) is 6.03. The van der Waals surface area contributed by atoms with E-state index in [0.29, 0.717) is 6.54 Å². The molecule has 0 aliphatic carbocycles. The molecule has 0 fully saturated rings. The monoisotopic (exact) mass is 304 g/mol. The zero-order chi connectivity index (χ0) is 15.3. The lowest BCUT2D eigenvalue weighted by atomic mass is 9.99. The molecule has 1 aromatic carbocycles. The zero-order valence-corrected chi connectivity index (χ0v) is 13.0. The first-order valence-corrected chi connectivity index (χ1v) is 7.74. The molecule has 0 spiro atoms. The number of aliphatic hydroxyl groups is 1. The van der Waals surface area contributed by atoms with Crippen LogP contribution >= 0.6 is 11.3 Å². The molecule has 0 aliphatic rings. The molecule has 2 rings (SSSR count). The summed E-state index contributed by atoms with van der Waals surface area (Å²) in [6.07, 6.45) is 0. The normalized spacial score (nSPS) is 13.5. The Morgan fingerprint density at radius 2 is 2.05 bits per heavy atom. The summed E-state index contributed by atoms with van der Waals surface area (Å²) >= 11 is 1.52. The molecule has 2 amide bonds.